The summed E-state index contributed by atoms with van der Waals surface area (Å²) < 4.78 is 16.6. The minimum Gasteiger partial charge on any atom is -0.494 e. The Morgan fingerprint density at radius 3 is 2.88 bits per heavy atom. The monoisotopic (exact) mass is 335 g/mol. The molecule has 0 saturated carbocycles. The summed E-state index contributed by atoms with van der Waals surface area (Å²) in [6, 6.07) is 9.61. The molecule has 0 spiro atoms. The third-order valence-electron chi connectivity index (χ3n) is 3.81. The van der Waals surface area contributed by atoms with Crippen LogP contribution in [-0.4, -0.2) is 56.4 Å². The fourth-order valence-corrected chi connectivity index (χ4v) is 2.74. The highest BCUT2D eigenvalue weighted by Gasteiger charge is 2.22. The molecule has 0 N–H and O–H groups in total. The van der Waals surface area contributed by atoms with E-state index < -0.39 is 0 Å². The SMILES string of the molecule is CC(C)CN1CCOC(COC(=O)CCCOc2ccccc2)C1. The second kappa shape index (κ2) is 10.3. The summed E-state index contributed by atoms with van der Waals surface area (Å²) in [4.78, 5) is 14.2. The molecule has 0 amide bonds. The summed E-state index contributed by atoms with van der Waals surface area (Å²) in [7, 11) is 0. The maximum Gasteiger partial charge on any atom is 0.306 e. The molecule has 134 valence electrons. The Kier molecular flexibility index (Phi) is 8.05. The molecule has 1 heterocycles. The zero-order chi connectivity index (χ0) is 17.2. The molecule has 0 bridgehead atoms. The molecule has 2 rings (SSSR count). The fourth-order valence-electron chi connectivity index (χ4n) is 2.74. The standard InChI is InChI=1S/C19H29NO4/c1-16(2)13-20-10-12-23-18(14-20)15-24-19(21)9-6-11-22-17-7-4-3-5-8-17/h3-5,7-8,16,18H,6,9-15H2,1-2H3. The third-order valence-corrected chi connectivity index (χ3v) is 3.81. The largest absolute Gasteiger partial charge is 0.494 e. The molecule has 5 nitrogen and oxygen atoms in total. The highest BCUT2D eigenvalue weighted by Crippen LogP contribution is 2.10. The highest BCUT2D eigenvalue weighted by molar-refractivity contribution is 5.69. The number of ether oxygens (including phenoxy) is 3. The van der Waals surface area contributed by atoms with E-state index in [9.17, 15) is 4.79 Å². The number of para-hydroxylation sites is 1. The quantitative estimate of drug-likeness (QED) is 0.513. The summed E-state index contributed by atoms with van der Waals surface area (Å²) in [5, 5.41) is 0. The van der Waals surface area contributed by atoms with Crippen molar-refractivity contribution >= 4 is 5.97 Å². The molecule has 0 aliphatic carbocycles. The molecule has 0 aromatic heterocycles. The van der Waals surface area contributed by atoms with Crippen molar-refractivity contribution < 1.29 is 19.0 Å². The van der Waals surface area contributed by atoms with Gasteiger partial charge >= 0.3 is 5.97 Å². The van der Waals surface area contributed by atoms with Gasteiger partial charge in [-0.3, -0.25) is 9.69 Å². The smallest absolute Gasteiger partial charge is 0.306 e. The Hall–Kier alpha value is -1.59. The van der Waals surface area contributed by atoms with Crippen molar-refractivity contribution in [1.29, 1.82) is 0 Å². The average molecular weight is 335 g/mol. The number of morpholine rings is 1. The maximum absolute atomic E-state index is 11.8. The van der Waals surface area contributed by atoms with Crippen LogP contribution in [0.25, 0.3) is 0 Å². The zero-order valence-electron chi connectivity index (χ0n) is 14.8. The van der Waals surface area contributed by atoms with Crippen molar-refractivity contribution in [2.75, 3.05) is 39.5 Å². The molecule has 0 radical (unpaired) electrons. The van der Waals surface area contributed by atoms with Crippen molar-refractivity contribution in [2.45, 2.75) is 32.8 Å². The normalized spacial score (nSPS) is 18.5. The first-order valence-electron chi connectivity index (χ1n) is 8.81. The van der Waals surface area contributed by atoms with E-state index in [2.05, 4.69) is 18.7 Å². The van der Waals surface area contributed by atoms with Crippen LogP contribution < -0.4 is 4.74 Å². The van der Waals surface area contributed by atoms with Crippen LogP contribution in [0, 0.1) is 5.92 Å². The topological polar surface area (TPSA) is 48.0 Å². The van der Waals surface area contributed by atoms with Crippen molar-refractivity contribution in [2.24, 2.45) is 5.92 Å². The average Bonchev–Trinajstić information content (AvgIpc) is 2.58. The lowest BCUT2D eigenvalue weighted by Crippen LogP contribution is -2.45. The van der Waals surface area contributed by atoms with E-state index in [0.29, 0.717) is 38.6 Å². The fraction of sp³-hybridized carbons (Fsp3) is 0.632. The predicted octanol–water partition coefficient (Wildman–Crippen LogP) is 2.75. The number of hydrogen-bond acceptors (Lipinski definition) is 5. The molecular weight excluding hydrogens is 306 g/mol. The lowest BCUT2D eigenvalue weighted by Gasteiger charge is -2.33. The molecule has 1 aromatic rings. The number of carbonyl (C=O) groups is 1. The number of benzene rings is 1. The van der Waals surface area contributed by atoms with E-state index in [-0.39, 0.29) is 12.1 Å². The van der Waals surface area contributed by atoms with Gasteiger partial charge in [0.25, 0.3) is 0 Å². The maximum atomic E-state index is 11.8. The summed E-state index contributed by atoms with van der Waals surface area (Å²) in [6.45, 7) is 8.84. The summed E-state index contributed by atoms with van der Waals surface area (Å²) in [6.07, 6.45) is 1.01. The van der Waals surface area contributed by atoms with Gasteiger partial charge in [0.05, 0.1) is 13.2 Å². The van der Waals surface area contributed by atoms with Gasteiger partial charge in [-0.1, -0.05) is 32.0 Å². The Bertz CT molecular complexity index is 478. The van der Waals surface area contributed by atoms with Crippen molar-refractivity contribution in [3.63, 3.8) is 0 Å². The lowest BCUT2D eigenvalue weighted by molar-refractivity contribution is -0.150. The van der Waals surface area contributed by atoms with Crippen LogP contribution >= 0.6 is 0 Å². The van der Waals surface area contributed by atoms with Gasteiger partial charge in [-0.25, -0.2) is 0 Å². The first kappa shape index (κ1) is 18.7. The van der Waals surface area contributed by atoms with Gasteiger partial charge in [0.15, 0.2) is 0 Å². The van der Waals surface area contributed by atoms with Crippen LogP contribution in [0.1, 0.15) is 26.7 Å². The third kappa shape index (κ3) is 7.32. The molecule has 5 heteroatoms. The highest BCUT2D eigenvalue weighted by atomic mass is 16.6. The van der Waals surface area contributed by atoms with Crippen LogP contribution in [0.4, 0.5) is 0 Å². The van der Waals surface area contributed by atoms with Crippen LogP contribution in [0.2, 0.25) is 0 Å². The Morgan fingerprint density at radius 2 is 2.12 bits per heavy atom. The van der Waals surface area contributed by atoms with E-state index in [1.165, 1.54) is 0 Å². The van der Waals surface area contributed by atoms with Crippen LogP contribution in [0.5, 0.6) is 5.75 Å². The summed E-state index contributed by atoms with van der Waals surface area (Å²) >= 11 is 0. The van der Waals surface area contributed by atoms with Crippen molar-refractivity contribution in [3.8, 4) is 5.75 Å². The first-order chi connectivity index (χ1) is 11.6. The van der Waals surface area contributed by atoms with E-state index in [1.807, 2.05) is 30.3 Å². The summed E-state index contributed by atoms with van der Waals surface area (Å²) in [5.74, 6) is 1.28. The van der Waals surface area contributed by atoms with E-state index in [0.717, 1.165) is 25.4 Å². The van der Waals surface area contributed by atoms with Gasteiger partial charge in [0.1, 0.15) is 18.5 Å². The van der Waals surface area contributed by atoms with Gasteiger partial charge in [-0.15, -0.1) is 0 Å². The molecule has 24 heavy (non-hydrogen) atoms. The Labute approximate surface area is 144 Å². The number of nitrogens with zero attached hydrogens (tertiary/aromatic N) is 1. The molecular formula is C19H29NO4. The second-order valence-corrected chi connectivity index (χ2v) is 6.59. The molecule has 1 aliphatic heterocycles. The van der Waals surface area contributed by atoms with Gasteiger partial charge in [0.2, 0.25) is 0 Å². The van der Waals surface area contributed by atoms with Crippen molar-refractivity contribution in [3.05, 3.63) is 30.3 Å². The van der Waals surface area contributed by atoms with E-state index in [4.69, 9.17) is 14.2 Å². The van der Waals surface area contributed by atoms with Crippen LogP contribution in [-0.2, 0) is 14.3 Å². The molecule has 1 atom stereocenters. The molecule has 1 aliphatic rings. The number of carbonyl (C=O) groups excluding carboxylic acids is 1. The van der Waals surface area contributed by atoms with Gasteiger partial charge < -0.3 is 14.2 Å². The van der Waals surface area contributed by atoms with E-state index >= 15 is 0 Å². The van der Waals surface area contributed by atoms with Crippen LogP contribution in [0.15, 0.2) is 30.3 Å². The molecule has 1 aromatic carbocycles. The molecule has 1 fully saturated rings. The minimum absolute atomic E-state index is 0.0120. The number of hydrogen-bond donors (Lipinski definition) is 0. The first-order valence-corrected chi connectivity index (χ1v) is 8.81. The Morgan fingerprint density at radius 1 is 1.33 bits per heavy atom. The summed E-state index contributed by atoms with van der Waals surface area (Å²) in [5.41, 5.74) is 0. The predicted molar refractivity (Wildman–Crippen MR) is 93.1 cm³/mol. The van der Waals surface area contributed by atoms with Crippen molar-refractivity contribution in [1.82, 2.24) is 4.90 Å². The lowest BCUT2D eigenvalue weighted by atomic mass is 10.2. The minimum atomic E-state index is -0.184. The zero-order valence-corrected chi connectivity index (χ0v) is 14.8. The van der Waals surface area contributed by atoms with E-state index in [1.54, 1.807) is 0 Å². The molecule has 1 unspecified atom stereocenters. The van der Waals surface area contributed by atoms with Gasteiger partial charge in [-0.05, 0) is 24.5 Å². The Balaban J connectivity index is 1.56. The number of rotatable bonds is 9. The second-order valence-electron chi connectivity index (χ2n) is 6.59. The molecule has 1 saturated heterocycles. The van der Waals surface area contributed by atoms with Gasteiger partial charge in [0, 0.05) is 26.1 Å². The number of esters is 1. The van der Waals surface area contributed by atoms with Crippen LogP contribution in [0.3, 0.4) is 0 Å². The van der Waals surface area contributed by atoms with Gasteiger partial charge in [-0.2, -0.15) is 0 Å².